The van der Waals surface area contributed by atoms with Crippen LogP contribution in [0.2, 0.25) is 0 Å². The van der Waals surface area contributed by atoms with E-state index in [-0.39, 0.29) is 19.2 Å². The molecule has 0 aromatic carbocycles. The van der Waals surface area contributed by atoms with Crippen LogP contribution in [0.15, 0.2) is 0 Å². The second-order valence-corrected chi connectivity index (χ2v) is 20.3. The summed E-state index contributed by atoms with van der Waals surface area (Å²) < 4.78 is 0. The average molecular weight is 797 g/mol. The molecule has 5 saturated carbocycles. The molecule has 0 bridgehead atoms. The van der Waals surface area contributed by atoms with Gasteiger partial charge in [-0.1, -0.05) is 33.6 Å². The summed E-state index contributed by atoms with van der Waals surface area (Å²) in [5.41, 5.74) is 1.07. The van der Waals surface area contributed by atoms with Crippen LogP contribution in [-0.2, 0) is 13.1 Å². The van der Waals surface area contributed by atoms with Crippen molar-refractivity contribution in [1.82, 2.24) is 31.9 Å². The van der Waals surface area contributed by atoms with Gasteiger partial charge in [0.1, 0.15) is 0 Å². The van der Waals surface area contributed by atoms with E-state index in [1.807, 2.05) is 0 Å². The third-order valence-corrected chi connectivity index (χ3v) is 15.6. The molecule has 1 aliphatic heterocycles. The van der Waals surface area contributed by atoms with Crippen LogP contribution in [0, 0.1) is 46.3 Å². The summed E-state index contributed by atoms with van der Waals surface area (Å²) in [4.78, 5) is 0. The van der Waals surface area contributed by atoms with E-state index < -0.39 is 0 Å². The summed E-state index contributed by atoms with van der Waals surface area (Å²) in [7, 11) is 9.59. The van der Waals surface area contributed by atoms with E-state index >= 15 is 0 Å². The monoisotopic (exact) mass is 795 g/mol. The van der Waals surface area contributed by atoms with Crippen molar-refractivity contribution in [2.24, 2.45) is 46.3 Å². The summed E-state index contributed by atoms with van der Waals surface area (Å²) in [5.74, 6) is 5.38. The summed E-state index contributed by atoms with van der Waals surface area (Å²) in [6.07, 6.45) is 22.7. The SMILES string of the molecule is C[C@H](CCCNCCCC1CN[C@@H]2CCCC[C@H]2NCCNCCNCCN1)[C@H]1CC[C@H]2[C@@H]3CC[C@@H]4C[C@H](O)CC[C@]4(C)[C@H]3CC[C@]12C.[Cl][Mn][Cl]. The third kappa shape index (κ3) is 11.7. The molecule has 7 N–H and O–H groups in total. The van der Waals surface area contributed by atoms with Crippen LogP contribution < -0.4 is 31.9 Å². The van der Waals surface area contributed by atoms with Crippen molar-refractivity contribution >= 4 is 20.2 Å². The predicted molar refractivity (Wildman–Crippen MR) is 213 cm³/mol. The summed E-state index contributed by atoms with van der Waals surface area (Å²) in [6, 6.07) is 1.79. The molecule has 0 radical (unpaired) electrons. The van der Waals surface area contributed by atoms with Gasteiger partial charge in [0, 0.05) is 63.9 Å². The van der Waals surface area contributed by atoms with Crippen molar-refractivity contribution in [2.45, 2.75) is 154 Å². The average Bonchev–Trinajstić information content (AvgIpc) is 3.48. The molecule has 12 atom stereocenters. The van der Waals surface area contributed by atoms with E-state index in [0.717, 1.165) is 101 Å². The van der Waals surface area contributed by atoms with Gasteiger partial charge >= 0.3 is 33.3 Å². The van der Waals surface area contributed by atoms with Gasteiger partial charge < -0.3 is 37.0 Å². The first-order valence-corrected chi connectivity index (χ1v) is 24.9. The molecule has 10 heteroatoms. The number of hydrogen-bond acceptors (Lipinski definition) is 7. The summed E-state index contributed by atoms with van der Waals surface area (Å²) in [5, 5.41) is 33.2. The molecular formula is C41H78Cl2MnN6O. The second-order valence-electron chi connectivity index (χ2n) is 18.4. The van der Waals surface area contributed by atoms with Crippen LogP contribution in [-0.4, -0.2) is 88.2 Å². The number of aliphatic hydroxyl groups is 1. The van der Waals surface area contributed by atoms with Gasteiger partial charge in [-0.3, -0.25) is 0 Å². The van der Waals surface area contributed by atoms with Crippen molar-refractivity contribution in [3.8, 4) is 0 Å². The van der Waals surface area contributed by atoms with E-state index in [1.54, 1.807) is 0 Å². The van der Waals surface area contributed by atoms with Gasteiger partial charge in [-0.25, -0.2) is 0 Å². The van der Waals surface area contributed by atoms with Gasteiger partial charge in [0.15, 0.2) is 0 Å². The molecule has 51 heavy (non-hydrogen) atoms. The molecule has 1 heterocycles. The first-order valence-electron chi connectivity index (χ1n) is 21.7. The normalized spacial score (nSPS) is 41.6. The number of hydrogen-bond donors (Lipinski definition) is 7. The zero-order chi connectivity index (χ0) is 36.1. The number of halogens is 2. The minimum absolute atomic E-state index is 0.00694. The van der Waals surface area contributed by atoms with Crippen LogP contribution in [0.4, 0.5) is 0 Å². The Bertz CT molecular complexity index is 986. The minimum atomic E-state index is -0.0266. The molecular weight excluding hydrogens is 718 g/mol. The number of nitrogens with one attached hydrogen (secondary N) is 6. The Morgan fingerprint density at radius 3 is 2.16 bits per heavy atom. The van der Waals surface area contributed by atoms with E-state index in [1.165, 1.54) is 103 Å². The van der Waals surface area contributed by atoms with Crippen molar-refractivity contribution in [3.05, 3.63) is 0 Å². The molecule has 1 unspecified atom stereocenters. The van der Waals surface area contributed by atoms with E-state index in [2.05, 4.69) is 52.7 Å². The molecule has 5 aliphatic carbocycles. The molecule has 1 saturated heterocycles. The Hall–Kier alpha value is 0.819. The zero-order valence-corrected chi connectivity index (χ0v) is 35.4. The second kappa shape index (κ2) is 21.9. The van der Waals surface area contributed by atoms with Gasteiger partial charge in [-0.05, 0) is 156 Å². The Labute approximate surface area is 328 Å². The molecule has 299 valence electrons. The molecule has 0 spiro atoms. The fourth-order valence-corrected chi connectivity index (χ4v) is 12.9. The molecule has 6 aliphatic rings. The zero-order valence-electron chi connectivity index (χ0n) is 32.7. The van der Waals surface area contributed by atoms with Gasteiger partial charge in [0.05, 0.1) is 6.10 Å². The van der Waals surface area contributed by atoms with E-state index in [0.29, 0.717) is 29.0 Å². The number of rotatable bonds is 9. The summed E-state index contributed by atoms with van der Waals surface area (Å²) in [6.45, 7) is 17.7. The van der Waals surface area contributed by atoms with Gasteiger partial charge in [0.25, 0.3) is 0 Å². The first-order chi connectivity index (χ1) is 24.8. The maximum absolute atomic E-state index is 10.4. The third-order valence-electron chi connectivity index (χ3n) is 15.6. The van der Waals surface area contributed by atoms with E-state index in [9.17, 15) is 5.11 Å². The topological polar surface area (TPSA) is 92.4 Å². The van der Waals surface area contributed by atoms with Crippen LogP contribution >= 0.6 is 20.2 Å². The molecule has 6 fully saturated rings. The van der Waals surface area contributed by atoms with Crippen LogP contribution in [0.3, 0.4) is 0 Å². The predicted octanol–water partition coefficient (Wildman–Crippen LogP) is 6.81. The van der Waals surface area contributed by atoms with E-state index in [4.69, 9.17) is 20.2 Å². The Kier molecular flexibility index (Phi) is 18.5. The fourth-order valence-electron chi connectivity index (χ4n) is 12.9. The molecule has 0 aromatic heterocycles. The summed E-state index contributed by atoms with van der Waals surface area (Å²) >= 11 is 0.00694. The van der Waals surface area contributed by atoms with Crippen molar-refractivity contribution < 1.29 is 18.2 Å². The quantitative estimate of drug-likeness (QED) is 0.102. The van der Waals surface area contributed by atoms with Gasteiger partial charge in [-0.2, -0.15) is 0 Å². The van der Waals surface area contributed by atoms with Gasteiger partial charge in [0.2, 0.25) is 0 Å². The molecule has 0 aromatic rings. The number of fused-ring (bicyclic) bond motifs is 6. The Morgan fingerprint density at radius 2 is 1.39 bits per heavy atom. The van der Waals surface area contributed by atoms with Crippen LogP contribution in [0.5, 0.6) is 0 Å². The molecule has 6 rings (SSSR count). The van der Waals surface area contributed by atoms with Gasteiger partial charge in [-0.15, -0.1) is 0 Å². The van der Waals surface area contributed by atoms with Crippen LogP contribution in [0.25, 0.3) is 0 Å². The number of aliphatic hydroxyl groups excluding tert-OH is 1. The molecule has 7 nitrogen and oxygen atoms in total. The van der Waals surface area contributed by atoms with Crippen molar-refractivity contribution in [2.75, 3.05) is 58.9 Å². The molecule has 0 amide bonds. The van der Waals surface area contributed by atoms with Crippen LogP contribution in [0.1, 0.15) is 130 Å². The Morgan fingerprint density at radius 1 is 0.745 bits per heavy atom. The fraction of sp³-hybridized carbons (Fsp3) is 1.00. The standard InChI is InChI=1S/C41H78N6O.2ClH.Mn/c1-30(35-14-15-36-34-13-12-31-28-33(48)16-18-40(31,2)37(34)17-19-41(35,36)3)8-6-20-42-21-7-9-32-29-47-39-11-5-4-10-38(39)46-27-25-44-23-22-43-24-26-45-32;;;/h30-39,42-48H,4-29H2,1-3H3;2*1H;/q;;;+2/p-2/t30-,31-,32?,33-,34+,35-,36+,37+,38-,39-,40+,41-;;;/m1.../s1. The van der Waals surface area contributed by atoms with Crippen molar-refractivity contribution in [1.29, 1.82) is 0 Å². The maximum atomic E-state index is 10.4. The first kappa shape index (κ1) is 43.0. The van der Waals surface area contributed by atoms with Crippen molar-refractivity contribution in [3.63, 3.8) is 0 Å². The Balaban J connectivity index is 0.00000162.